The topological polar surface area (TPSA) is 74.0 Å². The molecule has 33 heavy (non-hydrogen) atoms. The van der Waals surface area contributed by atoms with Crippen molar-refractivity contribution < 1.29 is 22.7 Å². The standard InChI is InChI=1S/C24H21F3N4O2/c1-14-13-31(8-9-33-14)16-6-7-19-20(11-16)30-23(29-19)21-10-15(12-28-21)22(32)17-4-2-3-5-18(17)24(25,26)27/h2-7,10-12,14,28H,8-9,13H2,1H3,(H,29,30)/t14-/m1/s1. The molecule has 0 bridgehead atoms. The van der Waals surface area contributed by atoms with Gasteiger partial charge in [-0.15, -0.1) is 0 Å². The molecule has 9 heteroatoms. The smallest absolute Gasteiger partial charge is 0.375 e. The number of nitrogens with zero attached hydrogens (tertiary/aromatic N) is 2. The van der Waals surface area contributed by atoms with E-state index in [1.165, 1.54) is 30.5 Å². The SMILES string of the molecule is C[C@@H]1CN(c2ccc3nc(-c4cc(C(=O)c5ccccc5C(F)(F)F)c[nH]4)[nH]c3c2)CCO1. The Labute approximate surface area is 187 Å². The number of ketones is 1. The fourth-order valence-electron chi connectivity index (χ4n) is 4.12. The van der Waals surface area contributed by atoms with E-state index in [-0.39, 0.29) is 17.2 Å². The molecule has 1 saturated heterocycles. The maximum Gasteiger partial charge on any atom is 0.417 e. The number of fused-ring (bicyclic) bond motifs is 1. The van der Waals surface area contributed by atoms with Gasteiger partial charge < -0.3 is 19.6 Å². The number of halogens is 3. The summed E-state index contributed by atoms with van der Waals surface area (Å²) in [5, 5.41) is 0. The molecule has 1 aliphatic rings. The monoisotopic (exact) mass is 454 g/mol. The van der Waals surface area contributed by atoms with Gasteiger partial charge in [0.25, 0.3) is 0 Å². The molecule has 0 amide bonds. The number of rotatable bonds is 4. The molecule has 5 rings (SSSR count). The van der Waals surface area contributed by atoms with Crippen molar-refractivity contribution in [3.05, 3.63) is 71.4 Å². The van der Waals surface area contributed by atoms with Gasteiger partial charge in [-0.1, -0.05) is 18.2 Å². The molecular formula is C24H21F3N4O2. The molecule has 6 nitrogen and oxygen atoms in total. The minimum absolute atomic E-state index is 0.130. The normalized spacial score (nSPS) is 17.0. The lowest BCUT2D eigenvalue weighted by Gasteiger charge is -2.32. The number of hydrogen-bond acceptors (Lipinski definition) is 4. The second-order valence-corrected chi connectivity index (χ2v) is 8.09. The average molecular weight is 454 g/mol. The largest absolute Gasteiger partial charge is 0.417 e. The fourth-order valence-corrected chi connectivity index (χ4v) is 4.12. The lowest BCUT2D eigenvalue weighted by molar-refractivity contribution is -0.137. The molecule has 0 spiro atoms. The quantitative estimate of drug-likeness (QED) is 0.424. The Morgan fingerprint density at radius 3 is 2.79 bits per heavy atom. The number of hydrogen-bond donors (Lipinski definition) is 2. The van der Waals surface area contributed by atoms with E-state index in [2.05, 4.69) is 19.9 Å². The third-order valence-electron chi connectivity index (χ3n) is 5.75. The maximum atomic E-state index is 13.3. The van der Waals surface area contributed by atoms with Crippen LogP contribution in [0.15, 0.2) is 54.7 Å². The molecule has 4 aromatic rings. The van der Waals surface area contributed by atoms with Crippen molar-refractivity contribution in [3.8, 4) is 11.5 Å². The van der Waals surface area contributed by atoms with Crippen molar-refractivity contribution in [1.29, 1.82) is 0 Å². The van der Waals surface area contributed by atoms with Crippen molar-refractivity contribution in [2.24, 2.45) is 0 Å². The minimum Gasteiger partial charge on any atom is -0.375 e. The average Bonchev–Trinajstić information content (AvgIpc) is 3.45. The van der Waals surface area contributed by atoms with Gasteiger partial charge in [0.1, 0.15) is 0 Å². The molecular weight excluding hydrogens is 433 g/mol. The third-order valence-corrected chi connectivity index (χ3v) is 5.75. The zero-order valence-electron chi connectivity index (χ0n) is 17.7. The highest BCUT2D eigenvalue weighted by Crippen LogP contribution is 2.33. The van der Waals surface area contributed by atoms with Gasteiger partial charge in [-0.2, -0.15) is 13.2 Å². The summed E-state index contributed by atoms with van der Waals surface area (Å²) in [6.45, 7) is 4.31. The summed E-state index contributed by atoms with van der Waals surface area (Å²) in [6, 6.07) is 12.2. The van der Waals surface area contributed by atoms with Crippen LogP contribution >= 0.6 is 0 Å². The van der Waals surface area contributed by atoms with Crippen molar-refractivity contribution in [2.75, 3.05) is 24.6 Å². The molecule has 170 valence electrons. The van der Waals surface area contributed by atoms with Crippen LogP contribution in [-0.4, -0.2) is 46.5 Å². The number of morpholine rings is 1. The Hall–Kier alpha value is -3.59. The molecule has 0 aliphatic carbocycles. The van der Waals surface area contributed by atoms with Crippen molar-refractivity contribution in [3.63, 3.8) is 0 Å². The van der Waals surface area contributed by atoms with Crippen molar-refractivity contribution in [2.45, 2.75) is 19.2 Å². The predicted octanol–water partition coefficient (Wildman–Crippen LogP) is 5.03. The third kappa shape index (κ3) is 4.11. The molecule has 2 aromatic carbocycles. The van der Waals surface area contributed by atoms with Crippen LogP contribution in [0.1, 0.15) is 28.4 Å². The summed E-state index contributed by atoms with van der Waals surface area (Å²) in [5.41, 5.74) is 1.94. The number of alkyl halides is 3. The number of ether oxygens (including phenoxy) is 1. The van der Waals surface area contributed by atoms with Gasteiger partial charge in [0, 0.05) is 36.1 Å². The Morgan fingerprint density at radius 1 is 1.18 bits per heavy atom. The van der Waals surface area contributed by atoms with Gasteiger partial charge in [-0.05, 0) is 37.3 Å². The van der Waals surface area contributed by atoms with E-state index in [0.717, 1.165) is 35.9 Å². The number of nitrogens with one attached hydrogen (secondary N) is 2. The highest BCUT2D eigenvalue weighted by atomic mass is 19.4. The highest BCUT2D eigenvalue weighted by molar-refractivity contribution is 6.10. The zero-order valence-corrected chi connectivity index (χ0v) is 17.7. The number of carbonyl (C=O) groups excluding carboxylic acids is 1. The van der Waals surface area contributed by atoms with Crippen LogP contribution in [0.25, 0.3) is 22.6 Å². The molecule has 3 heterocycles. The minimum atomic E-state index is -4.61. The first-order chi connectivity index (χ1) is 15.8. The van der Waals surface area contributed by atoms with Crippen LogP contribution in [0.3, 0.4) is 0 Å². The summed E-state index contributed by atoms with van der Waals surface area (Å²) in [6.07, 6.45) is -3.05. The second kappa shape index (κ2) is 8.08. The maximum absolute atomic E-state index is 13.3. The van der Waals surface area contributed by atoms with E-state index in [0.29, 0.717) is 18.1 Å². The van der Waals surface area contributed by atoms with Gasteiger partial charge in [0.15, 0.2) is 11.6 Å². The molecule has 2 N–H and O–H groups in total. The van der Waals surface area contributed by atoms with E-state index in [1.807, 2.05) is 25.1 Å². The number of aromatic nitrogens is 3. The first-order valence-corrected chi connectivity index (χ1v) is 10.6. The summed E-state index contributed by atoms with van der Waals surface area (Å²) in [4.78, 5) is 25.8. The van der Waals surface area contributed by atoms with Crippen LogP contribution in [0, 0.1) is 0 Å². The lowest BCUT2D eigenvalue weighted by atomic mass is 9.99. The molecule has 0 saturated carbocycles. The first kappa shape index (κ1) is 21.3. The molecule has 1 aliphatic heterocycles. The summed E-state index contributed by atoms with van der Waals surface area (Å²) < 4.78 is 45.6. The first-order valence-electron chi connectivity index (χ1n) is 10.6. The Morgan fingerprint density at radius 2 is 2.00 bits per heavy atom. The second-order valence-electron chi connectivity index (χ2n) is 8.09. The molecule has 1 fully saturated rings. The lowest BCUT2D eigenvalue weighted by Crippen LogP contribution is -2.41. The van der Waals surface area contributed by atoms with Crippen LogP contribution in [0.2, 0.25) is 0 Å². The van der Waals surface area contributed by atoms with E-state index in [9.17, 15) is 18.0 Å². The molecule has 1 atom stereocenters. The van der Waals surface area contributed by atoms with Gasteiger partial charge >= 0.3 is 6.18 Å². The van der Waals surface area contributed by atoms with E-state index in [1.54, 1.807) is 0 Å². The zero-order chi connectivity index (χ0) is 23.2. The number of imidazole rings is 1. The van der Waals surface area contributed by atoms with Gasteiger partial charge in [0.05, 0.1) is 35.0 Å². The molecule has 2 aromatic heterocycles. The number of anilines is 1. The van der Waals surface area contributed by atoms with Crippen LogP contribution in [0.4, 0.5) is 18.9 Å². The predicted molar refractivity (Wildman–Crippen MR) is 118 cm³/mol. The van der Waals surface area contributed by atoms with Gasteiger partial charge in [-0.25, -0.2) is 4.98 Å². The fraction of sp³-hybridized carbons (Fsp3) is 0.250. The summed E-state index contributed by atoms with van der Waals surface area (Å²) >= 11 is 0. The van der Waals surface area contributed by atoms with E-state index in [4.69, 9.17) is 4.74 Å². The van der Waals surface area contributed by atoms with E-state index < -0.39 is 17.5 Å². The Bertz CT molecular complexity index is 1320. The number of carbonyl (C=O) groups is 1. The van der Waals surface area contributed by atoms with Crippen molar-refractivity contribution in [1.82, 2.24) is 15.0 Å². The number of aromatic amines is 2. The Kier molecular flexibility index (Phi) is 5.20. The Balaban J connectivity index is 1.43. The van der Waals surface area contributed by atoms with Crippen LogP contribution < -0.4 is 4.90 Å². The van der Waals surface area contributed by atoms with Gasteiger partial charge in [0.2, 0.25) is 0 Å². The van der Waals surface area contributed by atoms with Gasteiger partial charge in [-0.3, -0.25) is 4.79 Å². The van der Waals surface area contributed by atoms with E-state index >= 15 is 0 Å². The number of H-pyrrole nitrogens is 2. The molecule has 0 unspecified atom stereocenters. The highest BCUT2D eigenvalue weighted by Gasteiger charge is 2.35. The summed E-state index contributed by atoms with van der Waals surface area (Å²) in [5.74, 6) is -0.203. The van der Waals surface area contributed by atoms with Crippen LogP contribution in [-0.2, 0) is 10.9 Å². The van der Waals surface area contributed by atoms with Crippen LogP contribution in [0.5, 0.6) is 0 Å². The number of benzene rings is 2. The summed E-state index contributed by atoms with van der Waals surface area (Å²) in [7, 11) is 0. The van der Waals surface area contributed by atoms with Crippen molar-refractivity contribution >= 4 is 22.5 Å². The molecule has 0 radical (unpaired) electrons.